The zero-order valence-electron chi connectivity index (χ0n) is 19.4. The summed E-state index contributed by atoms with van der Waals surface area (Å²) >= 11 is 1.24. The molecule has 4 rings (SSSR count). The molecule has 4 amide bonds. The summed E-state index contributed by atoms with van der Waals surface area (Å²) in [5.74, 6) is -0.872. The number of esters is 1. The van der Waals surface area contributed by atoms with Crippen LogP contribution in [0.4, 0.5) is 9.80 Å². The van der Waals surface area contributed by atoms with E-state index in [0.717, 1.165) is 34.6 Å². The van der Waals surface area contributed by atoms with Gasteiger partial charge in [0, 0.05) is 4.88 Å². The van der Waals surface area contributed by atoms with Gasteiger partial charge in [-0.2, -0.15) is 0 Å². The Labute approximate surface area is 202 Å². The number of nitrogens with zero attached hydrogens (tertiary/aromatic N) is 1. The van der Waals surface area contributed by atoms with Crippen molar-refractivity contribution in [2.24, 2.45) is 5.92 Å². The lowest BCUT2D eigenvalue weighted by atomic mass is 9.75. The SMILES string of the molecule is CCOC(=O)c1cc(-c2ccccc2)sc1NC(=O)CN1C(=O)NC2(CCC(CC)CC2)C1=O. The Bertz CT molecular complexity index is 1090. The first-order valence-corrected chi connectivity index (χ1v) is 12.5. The molecule has 0 atom stereocenters. The lowest BCUT2D eigenvalue weighted by Crippen LogP contribution is -2.49. The van der Waals surface area contributed by atoms with Crippen molar-refractivity contribution in [2.45, 2.75) is 51.5 Å². The van der Waals surface area contributed by atoms with Crippen LogP contribution in [0.25, 0.3) is 10.4 Å². The van der Waals surface area contributed by atoms with E-state index in [-0.39, 0.29) is 18.1 Å². The van der Waals surface area contributed by atoms with Gasteiger partial charge in [0.2, 0.25) is 5.91 Å². The second-order valence-electron chi connectivity index (χ2n) is 8.74. The van der Waals surface area contributed by atoms with E-state index in [0.29, 0.717) is 23.8 Å². The minimum atomic E-state index is -0.900. The van der Waals surface area contributed by atoms with E-state index in [2.05, 4.69) is 17.6 Å². The fourth-order valence-corrected chi connectivity index (χ4v) is 5.70. The highest BCUT2D eigenvalue weighted by molar-refractivity contribution is 7.20. The van der Waals surface area contributed by atoms with Crippen LogP contribution in [0.2, 0.25) is 0 Å². The number of nitrogens with one attached hydrogen (secondary N) is 2. The van der Waals surface area contributed by atoms with Gasteiger partial charge in [0.25, 0.3) is 5.91 Å². The molecule has 1 saturated carbocycles. The Balaban J connectivity index is 1.49. The molecule has 34 heavy (non-hydrogen) atoms. The number of thiophene rings is 1. The Kier molecular flexibility index (Phi) is 7.02. The molecule has 1 saturated heterocycles. The van der Waals surface area contributed by atoms with Crippen LogP contribution in [0.3, 0.4) is 0 Å². The summed E-state index contributed by atoms with van der Waals surface area (Å²) < 4.78 is 5.15. The maximum atomic E-state index is 13.1. The molecule has 1 aromatic heterocycles. The van der Waals surface area contributed by atoms with Gasteiger partial charge in [-0.3, -0.25) is 14.5 Å². The third-order valence-corrected chi connectivity index (χ3v) is 7.72. The second kappa shape index (κ2) is 9.97. The summed E-state index contributed by atoms with van der Waals surface area (Å²) in [7, 11) is 0. The van der Waals surface area contributed by atoms with Crippen LogP contribution in [-0.2, 0) is 14.3 Å². The minimum absolute atomic E-state index is 0.201. The quantitative estimate of drug-likeness (QED) is 0.448. The molecule has 2 aromatic rings. The van der Waals surface area contributed by atoms with Crippen LogP contribution in [0.15, 0.2) is 36.4 Å². The van der Waals surface area contributed by atoms with E-state index in [1.807, 2.05) is 30.3 Å². The van der Waals surface area contributed by atoms with E-state index >= 15 is 0 Å². The lowest BCUT2D eigenvalue weighted by molar-refractivity contribution is -0.135. The third-order valence-electron chi connectivity index (χ3n) is 6.62. The first kappa shape index (κ1) is 23.9. The first-order valence-electron chi connectivity index (χ1n) is 11.7. The van der Waals surface area contributed by atoms with Crippen LogP contribution < -0.4 is 10.6 Å². The smallest absolute Gasteiger partial charge is 0.341 e. The standard InChI is InChI=1S/C25H29N3O5S/c1-3-16-10-12-25(13-11-16)23(31)28(24(32)27-25)15-20(29)26-21-18(22(30)33-4-2)14-19(34-21)17-8-6-5-7-9-17/h5-9,14,16H,3-4,10-13,15H2,1-2H3,(H,26,29)(H,27,32). The second-order valence-corrected chi connectivity index (χ2v) is 9.80. The molecular weight excluding hydrogens is 454 g/mol. The molecule has 1 aliphatic carbocycles. The predicted molar refractivity (Wildman–Crippen MR) is 130 cm³/mol. The van der Waals surface area contributed by atoms with Crippen molar-refractivity contribution in [2.75, 3.05) is 18.5 Å². The van der Waals surface area contributed by atoms with Crippen LogP contribution in [0, 0.1) is 5.92 Å². The number of carbonyl (C=O) groups excluding carboxylic acids is 4. The summed E-state index contributed by atoms with van der Waals surface area (Å²) in [6.45, 7) is 3.63. The highest BCUT2D eigenvalue weighted by Gasteiger charge is 2.52. The number of urea groups is 1. The van der Waals surface area contributed by atoms with Crippen molar-refractivity contribution in [1.29, 1.82) is 0 Å². The Morgan fingerprint density at radius 2 is 1.88 bits per heavy atom. The number of imide groups is 1. The molecule has 2 N–H and O–H groups in total. The highest BCUT2D eigenvalue weighted by atomic mass is 32.1. The van der Waals surface area contributed by atoms with Gasteiger partial charge in [0.05, 0.1) is 12.2 Å². The van der Waals surface area contributed by atoms with Crippen LogP contribution in [0.1, 0.15) is 56.3 Å². The number of benzene rings is 1. The van der Waals surface area contributed by atoms with Crippen LogP contribution in [-0.4, -0.2) is 47.4 Å². The van der Waals surface area contributed by atoms with Crippen LogP contribution >= 0.6 is 11.3 Å². The summed E-state index contributed by atoms with van der Waals surface area (Å²) in [5, 5.41) is 5.89. The average molecular weight is 484 g/mol. The summed E-state index contributed by atoms with van der Waals surface area (Å²) in [6.07, 6.45) is 3.99. The lowest BCUT2D eigenvalue weighted by Gasteiger charge is -2.34. The van der Waals surface area contributed by atoms with Gasteiger partial charge in [-0.25, -0.2) is 9.59 Å². The molecule has 2 heterocycles. The van der Waals surface area contributed by atoms with Gasteiger partial charge in [-0.05, 0) is 50.2 Å². The molecular formula is C25H29N3O5S. The fraction of sp³-hybridized carbons (Fsp3) is 0.440. The Hall–Kier alpha value is -3.20. The summed E-state index contributed by atoms with van der Waals surface area (Å²) in [5.41, 5.74) is 0.241. The fourth-order valence-electron chi connectivity index (χ4n) is 4.64. The van der Waals surface area contributed by atoms with E-state index in [1.165, 1.54) is 11.3 Å². The number of carbonyl (C=O) groups is 4. The molecule has 1 aromatic carbocycles. The van der Waals surface area contributed by atoms with Crippen molar-refractivity contribution < 1.29 is 23.9 Å². The van der Waals surface area contributed by atoms with Gasteiger partial charge in [-0.1, -0.05) is 43.7 Å². The molecule has 2 fully saturated rings. The van der Waals surface area contributed by atoms with Gasteiger partial charge < -0.3 is 15.4 Å². The van der Waals surface area contributed by atoms with Crippen molar-refractivity contribution in [3.63, 3.8) is 0 Å². The zero-order chi connectivity index (χ0) is 24.3. The monoisotopic (exact) mass is 483 g/mol. The molecule has 1 spiro atoms. The van der Waals surface area contributed by atoms with Gasteiger partial charge in [-0.15, -0.1) is 11.3 Å². The average Bonchev–Trinajstić information content (AvgIpc) is 3.35. The van der Waals surface area contributed by atoms with E-state index < -0.39 is 30.0 Å². The highest BCUT2D eigenvalue weighted by Crippen LogP contribution is 2.38. The largest absolute Gasteiger partial charge is 0.462 e. The maximum Gasteiger partial charge on any atom is 0.341 e. The van der Waals surface area contributed by atoms with E-state index in [4.69, 9.17) is 4.74 Å². The first-order chi connectivity index (χ1) is 16.4. The summed E-state index contributed by atoms with van der Waals surface area (Å²) in [4.78, 5) is 52.9. The molecule has 180 valence electrons. The third kappa shape index (κ3) is 4.70. The predicted octanol–water partition coefficient (Wildman–Crippen LogP) is 4.42. The molecule has 9 heteroatoms. The van der Waals surface area contributed by atoms with E-state index in [9.17, 15) is 19.2 Å². The molecule has 0 unspecified atom stereocenters. The molecule has 8 nitrogen and oxygen atoms in total. The van der Waals surface area contributed by atoms with Crippen molar-refractivity contribution in [3.05, 3.63) is 42.0 Å². The molecule has 2 aliphatic rings. The maximum absolute atomic E-state index is 13.1. The van der Waals surface area contributed by atoms with Gasteiger partial charge in [0.15, 0.2) is 0 Å². The molecule has 0 bridgehead atoms. The Morgan fingerprint density at radius 1 is 1.18 bits per heavy atom. The van der Waals surface area contributed by atoms with Gasteiger partial charge in [0.1, 0.15) is 17.1 Å². The van der Waals surface area contributed by atoms with Crippen molar-refractivity contribution in [1.82, 2.24) is 10.2 Å². The normalized spacial score (nSPS) is 22.1. The van der Waals surface area contributed by atoms with Crippen molar-refractivity contribution in [3.8, 4) is 10.4 Å². The minimum Gasteiger partial charge on any atom is -0.462 e. The zero-order valence-corrected chi connectivity index (χ0v) is 20.2. The number of ether oxygens (including phenoxy) is 1. The number of rotatable bonds is 7. The topological polar surface area (TPSA) is 105 Å². The number of hydrogen-bond donors (Lipinski definition) is 2. The molecule has 1 aliphatic heterocycles. The number of amides is 4. The number of anilines is 1. The number of hydrogen-bond acceptors (Lipinski definition) is 6. The molecule has 0 radical (unpaired) electrons. The Morgan fingerprint density at radius 3 is 2.53 bits per heavy atom. The van der Waals surface area contributed by atoms with Crippen LogP contribution in [0.5, 0.6) is 0 Å². The van der Waals surface area contributed by atoms with Crippen molar-refractivity contribution >= 4 is 40.2 Å². The van der Waals surface area contributed by atoms with Gasteiger partial charge >= 0.3 is 12.0 Å². The summed E-state index contributed by atoms with van der Waals surface area (Å²) in [6, 6.07) is 10.6. The van der Waals surface area contributed by atoms with E-state index in [1.54, 1.807) is 13.0 Å².